The molecule has 0 spiro atoms. The van der Waals surface area contributed by atoms with Gasteiger partial charge in [0.05, 0.1) is 6.61 Å². The molecule has 0 aromatic heterocycles. The summed E-state index contributed by atoms with van der Waals surface area (Å²) in [6, 6.07) is 9.26. The van der Waals surface area contributed by atoms with Crippen molar-refractivity contribution in [1.82, 2.24) is 4.90 Å². The van der Waals surface area contributed by atoms with Gasteiger partial charge in [0.1, 0.15) is 0 Å². The average Bonchev–Trinajstić information content (AvgIpc) is 2.42. The van der Waals surface area contributed by atoms with Crippen molar-refractivity contribution in [2.45, 2.75) is 51.6 Å². The lowest BCUT2D eigenvalue weighted by molar-refractivity contribution is 0.117. The van der Waals surface area contributed by atoms with Crippen molar-refractivity contribution in [3.8, 4) is 0 Å². The zero-order valence-electron chi connectivity index (χ0n) is 11.4. The number of aryl methyl sites for hydroxylation is 1. The maximum Gasteiger partial charge on any atom is 0.0558 e. The van der Waals surface area contributed by atoms with Gasteiger partial charge in [-0.1, -0.05) is 43.5 Å². The number of hydrogen-bond acceptors (Lipinski definition) is 2. The van der Waals surface area contributed by atoms with Crippen LogP contribution in [-0.4, -0.2) is 29.2 Å². The number of aliphatic hydroxyl groups excluding tert-OH is 1. The second-order valence-electron chi connectivity index (χ2n) is 5.41. The summed E-state index contributed by atoms with van der Waals surface area (Å²) in [6.07, 6.45) is 6.67. The van der Waals surface area contributed by atoms with E-state index in [1.807, 2.05) is 0 Å². The lowest BCUT2D eigenvalue weighted by Gasteiger charge is -2.34. The van der Waals surface area contributed by atoms with Crippen molar-refractivity contribution >= 4 is 0 Å². The predicted molar refractivity (Wildman–Crippen MR) is 75.5 cm³/mol. The van der Waals surface area contributed by atoms with Crippen LogP contribution >= 0.6 is 0 Å². The van der Waals surface area contributed by atoms with E-state index in [-0.39, 0.29) is 6.61 Å². The third-order valence-corrected chi connectivity index (χ3v) is 4.11. The second kappa shape index (κ2) is 6.91. The molecule has 1 N–H and O–H groups in total. The molecule has 1 aromatic carbocycles. The highest BCUT2D eigenvalue weighted by Gasteiger charge is 2.21. The van der Waals surface area contributed by atoms with Crippen LogP contribution in [0, 0.1) is 6.92 Å². The van der Waals surface area contributed by atoms with E-state index in [1.165, 1.54) is 43.2 Å². The minimum Gasteiger partial charge on any atom is -0.395 e. The lowest BCUT2D eigenvalue weighted by atomic mass is 9.93. The first-order valence-corrected chi connectivity index (χ1v) is 7.20. The summed E-state index contributed by atoms with van der Waals surface area (Å²) < 4.78 is 0. The fraction of sp³-hybridized carbons (Fsp3) is 0.625. The third-order valence-electron chi connectivity index (χ3n) is 4.11. The van der Waals surface area contributed by atoms with Crippen molar-refractivity contribution in [3.05, 3.63) is 35.4 Å². The zero-order chi connectivity index (χ0) is 12.8. The van der Waals surface area contributed by atoms with Gasteiger partial charge in [-0.2, -0.15) is 0 Å². The van der Waals surface area contributed by atoms with Gasteiger partial charge in [-0.05, 0) is 30.9 Å². The SMILES string of the molecule is Cc1ccccc1CN(CCO)C1CCCCC1. The Labute approximate surface area is 111 Å². The van der Waals surface area contributed by atoms with Crippen LogP contribution in [0.4, 0.5) is 0 Å². The Balaban J connectivity index is 2.03. The van der Waals surface area contributed by atoms with E-state index in [9.17, 15) is 5.11 Å². The second-order valence-corrected chi connectivity index (χ2v) is 5.41. The Morgan fingerprint density at radius 3 is 2.56 bits per heavy atom. The fourth-order valence-corrected chi connectivity index (χ4v) is 2.97. The van der Waals surface area contributed by atoms with E-state index < -0.39 is 0 Å². The molecule has 0 atom stereocenters. The van der Waals surface area contributed by atoms with E-state index in [0.29, 0.717) is 6.04 Å². The molecule has 1 aliphatic rings. The first kappa shape index (κ1) is 13.6. The summed E-state index contributed by atoms with van der Waals surface area (Å²) in [5.41, 5.74) is 2.76. The number of rotatable bonds is 5. The molecular weight excluding hydrogens is 222 g/mol. The Bertz CT molecular complexity index is 358. The van der Waals surface area contributed by atoms with Crippen molar-refractivity contribution < 1.29 is 5.11 Å². The normalized spacial score (nSPS) is 17.3. The maximum atomic E-state index is 9.27. The molecule has 2 heteroatoms. The third kappa shape index (κ3) is 3.56. The van der Waals surface area contributed by atoms with Crippen LogP contribution in [0.2, 0.25) is 0 Å². The highest BCUT2D eigenvalue weighted by molar-refractivity contribution is 5.25. The van der Waals surface area contributed by atoms with Crippen LogP contribution < -0.4 is 0 Å². The first-order valence-electron chi connectivity index (χ1n) is 7.20. The van der Waals surface area contributed by atoms with E-state index >= 15 is 0 Å². The smallest absolute Gasteiger partial charge is 0.0558 e. The van der Waals surface area contributed by atoms with Gasteiger partial charge in [-0.15, -0.1) is 0 Å². The van der Waals surface area contributed by atoms with E-state index in [0.717, 1.165) is 13.1 Å². The number of nitrogens with zero attached hydrogens (tertiary/aromatic N) is 1. The Kier molecular flexibility index (Phi) is 5.21. The summed E-state index contributed by atoms with van der Waals surface area (Å²) in [5.74, 6) is 0. The predicted octanol–water partition coefficient (Wildman–Crippen LogP) is 3.12. The molecule has 2 rings (SSSR count). The molecule has 0 unspecified atom stereocenters. The van der Waals surface area contributed by atoms with Gasteiger partial charge in [0, 0.05) is 19.1 Å². The summed E-state index contributed by atoms with van der Waals surface area (Å²) in [7, 11) is 0. The van der Waals surface area contributed by atoms with Crippen LogP contribution in [0.1, 0.15) is 43.2 Å². The van der Waals surface area contributed by atoms with Gasteiger partial charge in [0.2, 0.25) is 0 Å². The standard InChI is InChI=1S/C16H25NO/c1-14-7-5-6-8-15(14)13-17(11-12-18)16-9-3-2-4-10-16/h5-8,16,18H,2-4,9-13H2,1H3. The van der Waals surface area contributed by atoms with Gasteiger partial charge >= 0.3 is 0 Å². The quantitative estimate of drug-likeness (QED) is 0.864. The molecule has 0 bridgehead atoms. The van der Waals surface area contributed by atoms with Crippen LogP contribution in [-0.2, 0) is 6.54 Å². The molecule has 2 nitrogen and oxygen atoms in total. The maximum absolute atomic E-state index is 9.27. The average molecular weight is 247 g/mol. The van der Waals surface area contributed by atoms with Gasteiger partial charge in [-0.25, -0.2) is 0 Å². The molecule has 18 heavy (non-hydrogen) atoms. The summed E-state index contributed by atoms with van der Waals surface area (Å²) in [4.78, 5) is 2.47. The Hall–Kier alpha value is -0.860. The molecule has 1 aliphatic carbocycles. The van der Waals surface area contributed by atoms with E-state index in [4.69, 9.17) is 0 Å². The highest BCUT2D eigenvalue weighted by Crippen LogP contribution is 2.24. The van der Waals surface area contributed by atoms with Crippen LogP contribution in [0.15, 0.2) is 24.3 Å². The van der Waals surface area contributed by atoms with Crippen molar-refractivity contribution in [1.29, 1.82) is 0 Å². The molecule has 0 heterocycles. The molecule has 1 fully saturated rings. The number of benzene rings is 1. The van der Waals surface area contributed by atoms with Crippen LogP contribution in [0.3, 0.4) is 0 Å². The monoisotopic (exact) mass is 247 g/mol. The molecule has 100 valence electrons. The van der Waals surface area contributed by atoms with Gasteiger partial charge < -0.3 is 5.11 Å². The van der Waals surface area contributed by atoms with E-state index in [1.54, 1.807) is 0 Å². The van der Waals surface area contributed by atoms with Gasteiger partial charge in [-0.3, -0.25) is 4.90 Å². The first-order chi connectivity index (χ1) is 8.81. The highest BCUT2D eigenvalue weighted by atomic mass is 16.3. The molecular formula is C16H25NO. The largest absolute Gasteiger partial charge is 0.395 e. The summed E-state index contributed by atoms with van der Waals surface area (Å²) >= 11 is 0. The minimum absolute atomic E-state index is 0.266. The van der Waals surface area contributed by atoms with Crippen molar-refractivity contribution in [2.75, 3.05) is 13.2 Å². The fourth-order valence-electron chi connectivity index (χ4n) is 2.97. The van der Waals surface area contributed by atoms with Crippen LogP contribution in [0.5, 0.6) is 0 Å². The molecule has 0 aliphatic heterocycles. The Morgan fingerprint density at radius 2 is 1.89 bits per heavy atom. The molecule has 0 radical (unpaired) electrons. The number of hydrogen-bond donors (Lipinski definition) is 1. The van der Waals surface area contributed by atoms with Gasteiger partial charge in [0.15, 0.2) is 0 Å². The topological polar surface area (TPSA) is 23.5 Å². The molecule has 0 amide bonds. The summed E-state index contributed by atoms with van der Waals surface area (Å²) in [5, 5.41) is 9.27. The van der Waals surface area contributed by atoms with Gasteiger partial charge in [0.25, 0.3) is 0 Å². The molecule has 0 saturated heterocycles. The molecule has 1 saturated carbocycles. The lowest BCUT2D eigenvalue weighted by Crippen LogP contribution is -2.38. The zero-order valence-corrected chi connectivity index (χ0v) is 11.4. The van der Waals surface area contributed by atoms with Crippen molar-refractivity contribution in [3.63, 3.8) is 0 Å². The van der Waals surface area contributed by atoms with Crippen LogP contribution in [0.25, 0.3) is 0 Å². The van der Waals surface area contributed by atoms with E-state index in [2.05, 4.69) is 36.1 Å². The minimum atomic E-state index is 0.266. The number of aliphatic hydroxyl groups is 1. The Morgan fingerprint density at radius 1 is 1.17 bits per heavy atom. The molecule has 1 aromatic rings. The van der Waals surface area contributed by atoms with Crippen molar-refractivity contribution in [2.24, 2.45) is 0 Å². The summed E-state index contributed by atoms with van der Waals surface area (Å²) in [6.45, 7) is 4.23.